The van der Waals surface area contributed by atoms with Crippen LogP contribution in [0.2, 0.25) is 0 Å². The van der Waals surface area contributed by atoms with E-state index < -0.39 is 0 Å². The predicted octanol–water partition coefficient (Wildman–Crippen LogP) is 0.143. The number of hydrogen-bond donors (Lipinski definition) is 1. The summed E-state index contributed by atoms with van der Waals surface area (Å²) in [4.78, 5) is 6.24. The van der Waals surface area contributed by atoms with Gasteiger partial charge in [-0.3, -0.25) is 4.99 Å². The SMILES string of the molecule is OC[C@H]1C=N[C@@H]2C=CC=CN12. The van der Waals surface area contributed by atoms with Gasteiger partial charge < -0.3 is 10.0 Å². The molecule has 1 N–H and O–H groups in total. The van der Waals surface area contributed by atoms with Crippen LogP contribution >= 0.6 is 0 Å². The summed E-state index contributed by atoms with van der Waals surface area (Å²) >= 11 is 0. The smallest absolute Gasteiger partial charge is 0.140 e. The molecule has 0 spiro atoms. The van der Waals surface area contributed by atoms with Gasteiger partial charge in [0.05, 0.1) is 12.6 Å². The molecule has 11 heavy (non-hydrogen) atoms. The van der Waals surface area contributed by atoms with Crippen LogP contribution in [0.5, 0.6) is 0 Å². The largest absolute Gasteiger partial charge is 0.394 e. The van der Waals surface area contributed by atoms with E-state index in [1.54, 1.807) is 6.21 Å². The molecule has 0 saturated heterocycles. The minimum absolute atomic E-state index is 0.0706. The van der Waals surface area contributed by atoms with Crippen molar-refractivity contribution in [2.75, 3.05) is 6.61 Å². The van der Waals surface area contributed by atoms with Gasteiger partial charge in [0.15, 0.2) is 0 Å². The van der Waals surface area contributed by atoms with Gasteiger partial charge in [-0.05, 0) is 12.2 Å². The first-order valence-corrected chi connectivity index (χ1v) is 3.68. The average molecular weight is 150 g/mol. The summed E-state index contributed by atoms with van der Waals surface area (Å²) in [6.07, 6.45) is 9.80. The van der Waals surface area contributed by atoms with Crippen molar-refractivity contribution in [3.05, 3.63) is 24.4 Å². The molecule has 0 aliphatic carbocycles. The van der Waals surface area contributed by atoms with Gasteiger partial charge in [-0.25, -0.2) is 0 Å². The molecule has 2 atom stereocenters. The first-order chi connectivity index (χ1) is 5.42. The second-order valence-corrected chi connectivity index (χ2v) is 2.64. The molecule has 2 aliphatic rings. The number of hydrogen-bond acceptors (Lipinski definition) is 3. The summed E-state index contributed by atoms with van der Waals surface area (Å²) in [5, 5.41) is 8.91. The van der Waals surface area contributed by atoms with E-state index in [-0.39, 0.29) is 18.8 Å². The van der Waals surface area contributed by atoms with E-state index in [4.69, 9.17) is 5.11 Å². The van der Waals surface area contributed by atoms with Crippen molar-refractivity contribution in [3.63, 3.8) is 0 Å². The molecule has 2 aliphatic heterocycles. The minimum Gasteiger partial charge on any atom is -0.394 e. The molecule has 0 aromatic heterocycles. The van der Waals surface area contributed by atoms with Crippen LogP contribution in [-0.2, 0) is 0 Å². The van der Waals surface area contributed by atoms with Crippen molar-refractivity contribution in [1.82, 2.24) is 4.90 Å². The van der Waals surface area contributed by atoms with Crippen LogP contribution in [0.15, 0.2) is 29.4 Å². The Bertz CT molecular complexity index is 232. The maximum absolute atomic E-state index is 8.91. The highest BCUT2D eigenvalue weighted by molar-refractivity contribution is 5.68. The molecule has 0 bridgehead atoms. The molecular formula is C8H10N2O. The number of aliphatic hydroxyl groups excluding tert-OH is 1. The minimum atomic E-state index is 0.0706. The number of fused-ring (bicyclic) bond motifs is 1. The number of aliphatic hydroxyl groups is 1. The van der Waals surface area contributed by atoms with Crippen molar-refractivity contribution >= 4 is 6.21 Å². The van der Waals surface area contributed by atoms with Crippen LogP contribution in [0.3, 0.4) is 0 Å². The monoisotopic (exact) mass is 150 g/mol. The Morgan fingerprint density at radius 2 is 2.36 bits per heavy atom. The quantitative estimate of drug-likeness (QED) is 0.577. The molecule has 0 saturated carbocycles. The lowest BCUT2D eigenvalue weighted by atomic mass is 10.2. The Labute approximate surface area is 65.4 Å². The van der Waals surface area contributed by atoms with Crippen molar-refractivity contribution in [3.8, 4) is 0 Å². The van der Waals surface area contributed by atoms with E-state index in [0.717, 1.165) is 0 Å². The van der Waals surface area contributed by atoms with Crippen molar-refractivity contribution in [2.24, 2.45) is 4.99 Å². The molecule has 3 heteroatoms. The molecule has 0 aromatic rings. The van der Waals surface area contributed by atoms with E-state index in [1.807, 2.05) is 29.3 Å². The number of rotatable bonds is 1. The zero-order valence-electron chi connectivity index (χ0n) is 6.09. The summed E-state index contributed by atoms with van der Waals surface area (Å²) in [6, 6.07) is 0.0706. The summed E-state index contributed by atoms with van der Waals surface area (Å²) in [5.41, 5.74) is 0. The molecule has 58 valence electrons. The number of allylic oxidation sites excluding steroid dienone is 2. The first-order valence-electron chi connectivity index (χ1n) is 3.68. The van der Waals surface area contributed by atoms with Gasteiger partial charge >= 0.3 is 0 Å². The summed E-state index contributed by atoms with van der Waals surface area (Å²) in [5.74, 6) is 0. The van der Waals surface area contributed by atoms with E-state index >= 15 is 0 Å². The highest BCUT2D eigenvalue weighted by Gasteiger charge is 2.25. The second kappa shape index (κ2) is 2.51. The van der Waals surface area contributed by atoms with Gasteiger partial charge in [-0.2, -0.15) is 0 Å². The van der Waals surface area contributed by atoms with Gasteiger partial charge in [0.25, 0.3) is 0 Å². The highest BCUT2D eigenvalue weighted by atomic mass is 16.3. The molecule has 0 radical (unpaired) electrons. The normalized spacial score (nSPS) is 33.0. The van der Waals surface area contributed by atoms with Gasteiger partial charge in [0.1, 0.15) is 6.17 Å². The Kier molecular flexibility index (Phi) is 1.51. The maximum Gasteiger partial charge on any atom is 0.140 e. The lowest BCUT2D eigenvalue weighted by Crippen LogP contribution is -2.35. The third-order valence-corrected chi connectivity index (χ3v) is 1.94. The molecule has 0 amide bonds. The van der Waals surface area contributed by atoms with Crippen LogP contribution in [0, 0.1) is 0 Å². The Morgan fingerprint density at radius 3 is 3.18 bits per heavy atom. The van der Waals surface area contributed by atoms with Crippen LogP contribution in [0.25, 0.3) is 0 Å². The summed E-state index contributed by atoms with van der Waals surface area (Å²) in [7, 11) is 0. The zero-order valence-corrected chi connectivity index (χ0v) is 6.09. The average Bonchev–Trinajstić information content (AvgIpc) is 2.47. The van der Waals surface area contributed by atoms with Crippen LogP contribution in [0.4, 0.5) is 0 Å². The van der Waals surface area contributed by atoms with Crippen molar-refractivity contribution in [2.45, 2.75) is 12.2 Å². The fourth-order valence-electron chi connectivity index (χ4n) is 1.34. The fraction of sp³-hybridized carbons (Fsp3) is 0.375. The van der Waals surface area contributed by atoms with Crippen molar-refractivity contribution in [1.29, 1.82) is 0 Å². The second-order valence-electron chi connectivity index (χ2n) is 2.64. The van der Waals surface area contributed by atoms with E-state index in [2.05, 4.69) is 4.99 Å². The third-order valence-electron chi connectivity index (χ3n) is 1.94. The summed E-state index contributed by atoms with van der Waals surface area (Å²) < 4.78 is 0. The Balaban J connectivity index is 2.18. The van der Waals surface area contributed by atoms with Crippen LogP contribution in [0.1, 0.15) is 0 Å². The summed E-state index contributed by atoms with van der Waals surface area (Å²) in [6.45, 7) is 0.137. The van der Waals surface area contributed by atoms with E-state index in [0.29, 0.717) is 0 Å². The Morgan fingerprint density at radius 1 is 1.45 bits per heavy atom. The van der Waals surface area contributed by atoms with Crippen molar-refractivity contribution < 1.29 is 5.11 Å². The fourth-order valence-corrected chi connectivity index (χ4v) is 1.34. The number of nitrogens with zero attached hydrogens (tertiary/aromatic N) is 2. The third kappa shape index (κ3) is 0.973. The maximum atomic E-state index is 8.91. The first kappa shape index (κ1) is 6.61. The number of aliphatic imine (C=N–C) groups is 1. The highest BCUT2D eigenvalue weighted by Crippen LogP contribution is 2.17. The zero-order chi connectivity index (χ0) is 7.68. The van der Waals surface area contributed by atoms with Crippen LogP contribution < -0.4 is 0 Å². The molecule has 0 fully saturated rings. The standard InChI is InChI=1S/C8H10N2O/c11-6-7-5-9-8-3-1-2-4-10(7)8/h1-5,7-8,11H,6H2/t7-,8+/m1/s1. The molecule has 0 aromatic carbocycles. The van der Waals surface area contributed by atoms with Gasteiger partial charge in [0, 0.05) is 12.4 Å². The van der Waals surface area contributed by atoms with Gasteiger partial charge in [-0.1, -0.05) is 6.08 Å². The lowest BCUT2D eigenvalue weighted by molar-refractivity contribution is 0.203. The molecule has 2 heterocycles. The Hall–Kier alpha value is -1.09. The molecule has 0 unspecified atom stereocenters. The topological polar surface area (TPSA) is 35.8 Å². The van der Waals surface area contributed by atoms with Crippen LogP contribution in [-0.4, -0.2) is 35.0 Å². The molecule has 3 nitrogen and oxygen atoms in total. The van der Waals surface area contributed by atoms with Gasteiger partial charge in [0.2, 0.25) is 0 Å². The predicted molar refractivity (Wildman–Crippen MR) is 43.3 cm³/mol. The van der Waals surface area contributed by atoms with Gasteiger partial charge in [-0.15, -0.1) is 0 Å². The lowest BCUT2D eigenvalue weighted by Gasteiger charge is -2.25. The van der Waals surface area contributed by atoms with E-state index in [1.165, 1.54) is 0 Å². The molecule has 2 rings (SSSR count). The molecular weight excluding hydrogens is 140 g/mol. The van der Waals surface area contributed by atoms with E-state index in [9.17, 15) is 0 Å².